The van der Waals surface area contributed by atoms with E-state index in [9.17, 15) is 0 Å². The van der Waals surface area contributed by atoms with Crippen molar-refractivity contribution in [3.05, 3.63) is 132 Å². The van der Waals surface area contributed by atoms with Gasteiger partial charge in [0.25, 0.3) is 0 Å². The monoisotopic (exact) mass is 524 g/mol. The Kier molecular flexibility index (Phi) is 4.14. The van der Waals surface area contributed by atoms with Gasteiger partial charge < -0.3 is 0 Å². The summed E-state index contributed by atoms with van der Waals surface area (Å²) in [6.45, 7) is 0. The maximum Gasteiger partial charge on any atom is -0.00202 e. The quantitative estimate of drug-likeness (QED) is 0.161. The molecule has 0 aromatic heterocycles. The highest BCUT2D eigenvalue weighted by atomic mass is 31.1. The molecule has 0 spiro atoms. The number of hydrogen-bond donors (Lipinski definition) is 0. The molecule has 3 unspecified atom stereocenters. The van der Waals surface area contributed by atoms with E-state index in [0.717, 1.165) is 11.8 Å². The minimum absolute atomic E-state index is 0.722. The Labute approximate surface area is 233 Å². The maximum absolute atomic E-state index is 2.54. The molecule has 1 saturated carbocycles. The van der Waals surface area contributed by atoms with E-state index >= 15 is 0 Å². The van der Waals surface area contributed by atoms with Crippen molar-refractivity contribution in [2.75, 3.05) is 0 Å². The molecule has 2 aliphatic carbocycles. The highest BCUT2D eigenvalue weighted by Gasteiger charge is 2.40. The van der Waals surface area contributed by atoms with Crippen LogP contribution in [0.15, 0.2) is 121 Å². The highest BCUT2D eigenvalue weighted by Crippen LogP contribution is 2.53. The zero-order valence-electron chi connectivity index (χ0n) is 21.9. The van der Waals surface area contributed by atoms with E-state index in [0.29, 0.717) is 0 Å². The van der Waals surface area contributed by atoms with Crippen LogP contribution in [0.25, 0.3) is 59.9 Å². The summed E-state index contributed by atoms with van der Waals surface area (Å²) < 4.78 is 0. The molecule has 1 heteroatoms. The standard InChI is InChI=1S/C39H25P/c1-2-7-29(8-3-1)40(34-19-14-25-10-9-23-5-4-6-24-13-16-31(34)37(25)36(23)24)35-20-15-26-11-12-27-21-28-22-33(28)30-17-18-32(35)38(26)39(27)30/h1-21,28,33H,22H2. The molecule has 0 amide bonds. The second-order valence-electron chi connectivity index (χ2n) is 11.7. The Hall–Kier alpha value is -4.25. The van der Waals surface area contributed by atoms with Crippen LogP contribution in [0.1, 0.15) is 17.9 Å². The van der Waals surface area contributed by atoms with Gasteiger partial charge in [0.2, 0.25) is 0 Å². The topological polar surface area (TPSA) is 0 Å². The van der Waals surface area contributed by atoms with Crippen molar-refractivity contribution in [1.29, 1.82) is 0 Å². The van der Waals surface area contributed by atoms with Crippen LogP contribution in [-0.2, 0) is 0 Å². The summed E-state index contributed by atoms with van der Waals surface area (Å²) in [5, 5.41) is 19.7. The van der Waals surface area contributed by atoms with Crippen LogP contribution in [0.3, 0.4) is 0 Å². The molecule has 1 fully saturated rings. The first kappa shape index (κ1) is 21.6. The second-order valence-corrected chi connectivity index (χ2v) is 13.9. The molecular formula is C39H25P. The third kappa shape index (κ3) is 2.80. The van der Waals surface area contributed by atoms with Gasteiger partial charge in [-0.1, -0.05) is 127 Å². The minimum Gasteiger partial charge on any atom is -0.0729 e. The van der Waals surface area contributed by atoms with E-state index in [4.69, 9.17) is 0 Å². The lowest BCUT2D eigenvalue weighted by molar-refractivity contribution is 1.05. The number of fused-ring (bicyclic) bond motifs is 2. The largest absolute Gasteiger partial charge is 0.0729 e. The van der Waals surface area contributed by atoms with E-state index in [1.807, 2.05) is 0 Å². The van der Waals surface area contributed by atoms with Gasteiger partial charge in [-0.3, -0.25) is 0 Å². The predicted molar refractivity (Wildman–Crippen MR) is 174 cm³/mol. The van der Waals surface area contributed by atoms with Crippen LogP contribution in [0.4, 0.5) is 0 Å². The van der Waals surface area contributed by atoms with Crippen molar-refractivity contribution in [3.8, 4) is 0 Å². The summed E-state index contributed by atoms with van der Waals surface area (Å²) in [6, 6.07) is 46.4. The zero-order chi connectivity index (χ0) is 25.9. The van der Waals surface area contributed by atoms with Gasteiger partial charge in [0.15, 0.2) is 0 Å². The average Bonchev–Trinajstić information content (AvgIpc) is 3.80. The molecule has 10 rings (SSSR count). The molecular weight excluding hydrogens is 499 g/mol. The summed E-state index contributed by atoms with van der Waals surface area (Å²) >= 11 is 0. The van der Waals surface area contributed by atoms with Gasteiger partial charge in [-0.15, -0.1) is 0 Å². The Balaban J connectivity index is 1.33. The molecule has 0 N–H and O–H groups in total. The summed E-state index contributed by atoms with van der Waals surface area (Å²) in [7, 11) is -0.783. The highest BCUT2D eigenvalue weighted by molar-refractivity contribution is 7.80. The molecule has 0 nitrogen and oxygen atoms in total. The maximum atomic E-state index is 2.54. The molecule has 0 heterocycles. The zero-order valence-corrected chi connectivity index (χ0v) is 22.8. The lowest BCUT2D eigenvalue weighted by Crippen LogP contribution is -2.22. The van der Waals surface area contributed by atoms with Crippen molar-refractivity contribution in [2.45, 2.75) is 12.3 Å². The number of hydrogen-bond acceptors (Lipinski definition) is 0. The van der Waals surface area contributed by atoms with Crippen molar-refractivity contribution in [3.63, 3.8) is 0 Å². The van der Waals surface area contributed by atoms with Crippen molar-refractivity contribution < 1.29 is 0 Å². The molecule has 0 bridgehead atoms. The smallest absolute Gasteiger partial charge is 0.00202 e. The Morgan fingerprint density at radius 1 is 0.475 bits per heavy atom. The Morgan fingerprint density at radius 3 is 1.82 bits per heavy atom. The first-order valence-corrected chi connectivity index (χ1v) is 15.7. The van der Waals surface area contributed by atoms with Crippen LogP contribution in [0.2, 0.25) is 0 Å². The van der Waals surface area contributed by atoms with Gasteiger partial charge >= 0.3 is 0 Å². The molecule has 40 heavy (non-hydrogen) atoms. The van der Waals surface area contributed by atoms with Gasteiger partial charge in [-0.2, -0.15) is 0 Å². The van der Waals surface area contributed by atoms with E-state index in [-0.39, 0.29) is 0 Å². The average molecular weight is 525 g/mol. The predicted octanol–water partition coefficient (Wildman–Crippen LogP) is 8.27. The fourth-order valence-corrected chi connectivity index (χ4v) is 10.3. The fraction of sp³-hybridized carbons (Fsp3) is 0.0769. The number of rotatable bonds is 3. The fourth-order valence-electron chi connectivity index (χ4n) is 7.72. The van der Waals surface area contributed by atoms with Crippen LogP contribution in [0, 0.1) is 5.92 Å². The van der Waals surface area contributed by atoms with Crippen LogP contribution in [-0.4, -0.2) is 0 Å². The number of benzene rings is 8. The SMILES string of the molecule is C1=c2ccc3ccc(P(c4ccccc4)c4ccc5ccc6cccc7ccc4c5c67)c4ccc(c2c34)C2CC12. The molecule has 0 saturated heterocycles. The molecule has 8 aromatic carbocycles. The van der Waals surface area contributed by atoms with Gasteiger partial charge in [0, 0.05) is 0 Å². The summed E-state index contributed by atoms with van der Waals surface area (Å²) in [6.07, 6.45) is 3.85. The normalized spacial score (nSPS) is 18.5. The third-order valence-corrected chi connectivity index (χ3v) is 12.1. The summed E-state index contributed by atoms with van der Waals surface area (Å²) in [5.41, 5.74) is 1.57. The Morgan fingerprint density at radius 2 is 1.07 bits per heavy atom. The lowest BCUT2D eigenvalue weighted by atomic mass is 9.90. The van der Waals surface area contributed by atoms with Gasteiger partial charge in [0.1, 0.15) is 0 Å². The van der Waals surface area contributed by atoms with Gasteiger partial charge in [-0.25, -0.2) is 0 Å². The van der Waals surface area contributed by atoms with Crippen molar-refractivity contribution in [1.82, 2.24) is 0 Å². The lowest BCUT2D eigenvalue weighted by Gasteiger charge is -2.25. The summed E-state index contributed by atoms with van der Waals surface area (Å²) in [5.74, 6) is 1.47. The van der Waals surface area contributed by atoms with E-state index in [1.54, 1.807) is 5.56 Å². The van der Waals surface area contributed by atoms with Crippen molar-refractivity contribution >= 4 is 83.8 Å². The first-order valence-electron chi connectivity index (χ1n) is 14.4. The summed E-state index contributed by atoms with van der Waals surface area (Å²) in [4.78, 5) is 0. The molecule has 0 radical (unpaired) electrons. The molecule has 0 aliphatic heterocycles. The van der Waals surface area contributed by atoms with Crippen LogP contribution < -0.4 is 21.1 Å². The van der Waals surface area contributed by atoms with Gasteiger partial charge in [-0.05, 0) is 107 Å². The molecule has 3 atom stereocenters. The van der Waals surface area contributed by atoms with E-state index < -0.39 is 7.92 Å². The van der Waals surface area contributed by atoms with E-state index in [1.165, 1.54) is 81.4 Å². The van der Waals surface area contributed by atoms with Crippen molar-refractivity contribution in [2.24, 2.45) is 5.92 Å². The van der Waals surface area contributed by atoms with Crippen LogP contribution in [0.5, 0.6) is 0 Å². The second kappa shape index (κ2) is 7.69. The molecule has 8 aromatic rings. The van der Waals surface area contributed by atoms with Gasteiger partial charge in [0.05, 0.1) is 0 Å². The third-order valence-electron chi connectivity index (χ3n) is 9.59. The van der Waals surface area contributed by atoms with E-state index in [2.05, 4.69) is 127 Å². The Bertz CT molecular complexity index is 2350. The van der Waals surface area contributed by atoms with Crippen LogP contribution >= 0.6 is 7.92 Å². The minimum atomic E-state index is -0.783. The molecule has 186 valence electrons. The molecule has 2 aliphatic rings. The first-order chi connectivity index (χ1) is 19.8.